The van der Waals surface area contributed by atoms with Crippen LogP contribution in [0.5, 0.6) is 0 Å². The Labute approximate surface area is 130 Å². The number of pyridine rings is 1. The maximum Gasteiger partial charge on any atom is 0.140 e. The molecule has 2 nitrogen and oxygen atoms in total. The summed E-state index contributed by atoms with van der Waals surface area (Å²) in [6, 6.07) is 10.6. The summed E-state index contributed by atoms with van der Waals surface area (Å²) in [6.07, 6.45) is 2.04. The van der Waals surface area contributed by atoms with Crippen molar-refractivity contribution in [2.45, 2.75) is 33.1 Å². The first-order valence-electron chi connectivity index (χ1n) is 7.18. The third-order valence-corrected chi connectivity index (χ3v) is 4.10. The lowest BCUT2D eigenvalue weighted by molar-refractivity contribution is 0.962. The zero-order valence-electron chi connectivity index (χ0n) is 12.8. The van der Waals surface area contributed by atoms with Crippen LogP contribution in [0.2, 0.25) is 0 Å². The maximum absolute atomic E-state index is 6.45. The lowest BCUT2D eigenvalue weighted by Gasteiger charge is -2.10. The molecular formula is C18H19ClN2. The average Bonchev–Trinajstić information content (AvgIpc) is 2.79. The number of hydrogen-bond acceptors (Lipinski definition) is 1. The van der Waals surface area contributed by atoms with Gasteiger partial charge in [0.1, 0.15) is 5.65 Å². The topological polar surface area (TPSA) is 17.3 Å². The Kier molecular flexibility index (Phi) is 3.50. The highest BCUT2D eigenvalue weighted by Crippen LogP contribution is 2.34. The van der Waals surface area contributed by atoms with Crippen LogP contribution in [0, 0.1) is 20.8 Å². The fourth-order valence-corrected chi connectivity index (χ4v) is 3.09. The number of halogens is 1. The van der Waals surface area contributed by atoms with E-state index in [1.165, 1.54) is 11.1 Å². The summed E-state index contributed by atoms with van der Waals surface area (Å²) < 4.78 is 2.11. The van der Waals surface area contributed by atoms with E-state index in [9.17, 15) is 0 Å². The Morgan fingerprint density at radius 1 is 1.10 bits per heavy atom. The molecule has 3 heteroatoms. The van der Waals surface area contributed by atoms with E-state index in [0.717, 1.165) is 28.2 Å². The second kappa shape index (κ2) is 5.19. The van der Waals surface area contributed by atoms with Gasteiger partial charge < -0.3 is 4.40 Å². The van der Waals surface area contributed by atoms with Crippen LogP contribution in [0.25, 0.3) is 16.9 Å². The molecule has 1 atom stereocenters. The minimum absolute atomic E-state index is 0.0995. The lowest BCUT2D eigenvalue weighted by atomic mass is 10.0. The zero-order chi connectivity index (χ0) is 15.1. The van der Waals surface area contributed by atoms with Gasteiger partial charge in [0, 0.05) is 11.8 Å². The van der Waals surface area contributed by atoms with E-state index in [-0.39, 0.29) is 5.38 Å². The SMILES string of the molecule is Cc1ccc(-c2nc3c(C)cccn3c2C(C)Cl)c(C)c1. The van der Waals surface area contributed by atoms with E-state index in [0.29, 0.717) is 0 Å². The molecule has 1 aromatic carbocycles. The first-order valence-corrected chi connectivity index (χ1v) is 7.62. The van der Waals surface area contributed by atoms with Gasteiger partial charge in [-0.15, -0.1) is 11.6 Å². The summed E-state index contributed by atoms with van der Waals surface area (Å²) in [6.45, 7) is 8.31. The predicted octanol–water partition coefficient (Wildman–Crippen LogP) is 5.23. The molecule has 0 saturated heterocycles. The number of imidazole rings is 1. The Morgan fingerprint density at radius 3 is 2.52 bits per heavy atom. The third-order valence-electron chi connectivity index (χ3n) is 3.90. The van der Waals surface area contributed by atoms with Gasteiger partial charge in [0.2, 0.25) is 0 Å². The number of benzene rings is 1. The molecule has 0 aliphatic carbocycles. The van der Waals surface area contributed by atoms with Crippen molar-refractivity contribution in [3.8, 4) is 11.3 Å². The molecule has 0 amide bonds. The van der Waals surface area contributed by atoms with Gasteiger partial charge in [0.25, 0.3) is 0 Å². The van der Waals surface area contributed by atoms with Crippen LogP contribution >= 0.6 is 11.6 Å². The van der Waals surface area contributed by atoms with Crippen molar-refractivity contribution in [2.24, 2.45) is 0 Å². The summed E-state index contributed by atoms with van der Waals surface area (Å²) in [4.78, 5) is 4.87. The van der Waals surface area contributed by atoms with Crippen LogP contribution in [0.4, 0.5) is 0 Å². The van der Waals surface area contributed by atoms with Crippen LogP contribution in [0.15, 0.2) is 36.5 Å². The predicted molar refractivity (Wildman–Crippen MR) is 89.1 cm³/mol. The third kappa shape index (κ3) is 2.34. The molecule has 3 aromatic rings. The van der Waals surface area contributed by atoms with Gasteiger partial charge in [-0.2, -0.15) is 0 Å². The molecule has 3 rings (SSSR count). The van der Waals surface area contributed by atoms with Gasteiger partial charge in [-0.25, -0.2) is 4.98 Å². The van der Waals surface area contributed by atoms with E-state index in [1.54, 1.807) is 0 Å². The normalized spacial score (nSPS) is 12.8. The molecule has 108 valence electrons. The van der Waals surface area contributed by atoms with E-state index in [1.807, 2.05) is 19.2 Å². The first kappa shape index (κ1) is 14.2. The van der Waals surface area contributed by atoms with Gasteiger partial charge in [0.15, 0.2) is 0 Å². The number of alkyl halides is 1. The number of rotatable bonds is 2. The molecule has 2 aromatic heterocycles. The number of aromatic nitrogens is 2. The molecule has 0 N–H and O–H groups in total. The molecule has 0 bridgehead atoms. The molecule has 0 radical (unpaired) electrons. The molecule has 2 heterocycles. The lowest BCUT2D eigenvalue weighted by Crippen LogP contribution is -1.96. The van der Waals surface area contributed by atoms with Gasteiger partial charge in [-0.3, -0.25) is 0 Å². The summed E-state index contributed by atoms with van der Waals surface area (Å²) in [7, 11) is 0. The van der Waals surface area contributed by atoms with Crippen molar-refractivity contribution in [3.05, 3.63) is 58.9 Å². The monoisotopic (exact) mass is 298 g/mol. The summed E-state index contributed by atoms with van der Waals surface area (Å²) in [5.41, 5.74) is 7.84. The van der Waals surface area contributed by atoms with Crippen LogP contribution in [-0.4, -0.2) is 9.38 Å². The second-order valence-electron chi connectivity index (χ2n) is 5.66. The highest BCUT2D eigenvalue weighted by Gasteiger charge is 2.19. The van der Waals surface area contributed by atoms with Crippen molar-refractivity contribution in [1.29, 1.82) is 0 Å². The molecule has 21 heavy (non-hydrogen) atoms. The van der Waals surface area contributed by atoms with Crippen LogP contribution in [-0.2, 0) is 0 Å². The van der Waals surface area contributed by atoms with E-state index >= 15 is 0 Å². The molecule has 0 aliphatic rings. The van der Waals surface area contributed by atoms with Gasteiger partial charge in [0.05, 0.1) is 16.8 Å². The average molecular weight is 299 g/mol. The van der Waals surface area contributed by atoms with Crippen molar-refractivity contribution in [3.63, 3.8) is 0 Å². The standard InChI is InChI=1S/C18H19ClN2/c1-11-7-8-15(13(3)10-11)16-17(14(4)19)21-9-5-6-12(2)18(21)20-16/h5-10,14H,1-4H3. The molecule has 0 spiro atoms. The summed E-state index contributed by atoms with van der Waals surface area (Å²) in [5, 5.41) is -0.0995. The smallest absolute Gasteiger partial charge is 0.140 e. The number of aryl methyl sites for hydroxylation is 3. The first-order chi connectivity index (χ1) is 9.99. The minimum Gasteiger partial charge on any atom is -0.302 e. The van der Waals surface area contributed by atoms with Crippen LogP contribution in [0.3, 0.4) is 0 Å². The molecule has 0 saturated carbocycles. The van der Waals surface area contributed by atoms with Crippen molar-refractivity contribution >= 4 is 17.2 Å². The number of fused-ring (bicyclic) bond motifs is 1. The van der Waals surface area contributed by atoms with Gasteiger partial charge >= 0.3 is 0 Å². The second-order valence-corrected chi connectivity index (χ2v) is 6.32. The molecular weight excluding hydrogens is 280 g/mol. The quantitative estimate of drug-likeness (QED) is 0.592. The van der Waals surface area contributed by atoms with Crippen LogP contribution in [0.1, 0.15) is 34.7 Å². The Bertz CT molecular complexity index is 815. The van der Waals surface area contributed by atoms with E-state index in [4.69, 9.17) is 16.6 Å². The van der Waals surface area contributed by atoms with Crippen molar-refractivity contribution < 1.29 is 0 Å². The van der Waals surface area contributed by atoms with Gasteiger partial charge in [-0.05, 0) is 44.9 Å². The van der Waals surface area contributed by atoms with Gasteiger partial charge in [-0.1, -0.05) is 29.8 Å². The highest BCUT2D eigenvalue weighted by molar-refractivity contribution is 6.20. The fraction of sp³-hybridized carbons (Fsp3) is 0.278. The van der Waals surface area contributed by atoms with Crippen molar-refractivity contribution in [1.82, 2.24) is 9.38 Å². The summed E-state index contributed by atoms with van der Waals surface area (Å²) in [5.74, 6) is 0. The Balaban J connectivity index is 2.36. The van der Waals surface area contributed by atoms with E-state index < -0.39 is 0 Å². The molecule has 0 fully saturated rings. The Hall–Kier alpha value is -1.80. The van der Waals surface area contributed by atoms with Crippen LogP contribution < -0.4 is 0 Å². The highest BCUT2D eigenvalue weighted by atomic mass is 35.5. The number of hydrogen-bond donors (Lipinski definition) is 0. The molecule has 0 aliphatic heterocycles. The summed E-state index contributed by atoms with van der Waals surface area (Å²) >= 11 is 6.45. The minimum atomic E-state index is -0.0995. The largest absolute Gasteiger partial charge is 0.302 e. The zero-order valence-corrected chi connectivity index (χ0v) is 13.6. The Morgan fingerprint density at radius 2 is 1.86 bits per heavy atom. The molecule has 1 unspecified atom stereocenters. The number of nitrogens with zero attached hydrogens (tertiary/aromatic N) is 2. The van der Waals surface area contributed by atoms with Crippen molar-refractivity contribution in [2.75, 3.05) is 0 Å². The maximum atomic E-state index is 6.45. The fourth-order valence-electron chi connectivity index (χ4n) is 2.88. The van der Waals surface area contributed by atoms with E-state index in [2.05, 4.69) is 49.4 Å².